The lowest BCUT2D eigenvalue weighted by Gasteiger charge is -2.54. The summed E-state index contributed by atoms with van der Waals surface area (Å²) in [6.07, 6.45) is 1.83. The lowest BCUT2D eigenvalue weighted by molar-refractivity contribution is -0.0607. The van der Waals surface area contributed by atoms with Gasteiger partial charge in [-0.1, -0.05) is 0 Å². The Bertz CT molecular complexity index is 279. The van der Waals surface area contributed by atoms with E-state index in [-0.39, 0.29) is 12.2 Å². The lowest BCUT2D eigenvalue weighted by atomic mass is 9.88. The fourth-order valence-corrected chi connectivity index (χ4v) is 2.93. The summed E-state index contributed by atoms with van der Waals surface area (Å²) in [5.41, 5.74) is 0. The van der Waals surface area contributed by atoms with Crippen LogP contribution in [0.3, 0.4) is 0 Å². The predicted molar refractivity (Wildman–Crippen MR) is 57.2 cm³/mol. The third kappa shape index (κ3) is 1.68. The molecule has 0 radical (unpaired) electrons. The van der Waals surface area contributed by atoms with Crippen molar-refractivity contribution in [2.45, 2.75) is 31.0 Å². The fourth-order valence-electron chi connectivity index (χ4n) is 2.93. The summed E-state index contributed by atoms with van der Waals surface area (Å²) in [4.78, 5) is 16.1. The number of likely N-dealkylation sites (N-methyl/N-ethyl adjacent to an activating group) is 1. The number of nitrogens with zero attached hydrogens (tertiary/aromatic N) is 2. The number of hydrogen-bond acceptors (Lipinski definition) is 4. The minimum Gasteiger partial charge on any atom is -0.444 e. The molecule has 0 N–H and O–H groups in total. The van der Waals surface area contributed by atoms with E-state index in [0.29, 0.717) is 25.3 Å². The van der Waals surface area contributed by atoms with E-state index in [1.54, 1.807) is 0 Å². The third-order valence-corrected chi connectivity index (χ3v) is 3.74. The van der Waals surface area contributed by atoms with Crippen molar-refractivity contribution in [1.82, 2.24) is 9.80 Å². The van der Waals surface area contributed by atoms with Crippen LogP contribution in [0.15, 0.2) is 0 Å². The SMILES string of the molecule is CN1CC2CC(C1)N2C(=O)OC1CCOC1. The van der Waals surface area contributed by atoms with Crippen LogP contribution in [0, 0.1) is 0 Å². The maximum Gasteiger partial charge on any atom is 0.410 e. The molecule has 4 heterocycles. The molecule has 2 bridgehead atoms. The van der Waals surface area contributed by atoms with Gasteiger partial charge in [-0.05, 0) is 13.5 Å². The van der Waals surface area contributed by atoms with Gasteiger partial charge in [0.1, 0.15) is 6.10 Å². The molecular weight excluding hydrogens is 208 g/mol. The maximum atomic E-state index is 11.9. The number of amides is 1. The summed E-state index contributed by atoms with van der Waals surface area (Å²) in [6.45, 7) is 3.24. The highest BCUT2D eigenvalue weighted by atomic mass is 16.6. The predicted octanol–water partition coefficient (Wildman–Crippen LogP) is 0.300. The number of piperidine rings is 1. The first kappa shape index (κ1) is 10.4. The molecule has 5 nitrogen and oxygen atoms in total. The van der Waals surface area contributed by atoms with Crippen molar-refractivity contribution in [3.05, 3.63) is 0 Å². The molecule has 3 atom stereocenters. The van der Waals surface area contributed by atoms with Gasteiger partial charge in [-0.3, -0.25) is 4.90 Å². The quantitative estimate of drug-likeness (QED) is 0.645. The molecule has 0 saturated carbocycles. The lowest BCUT2D eigenvalue weighted by Crippen LogP contribution is -2.69. The molecule has 4 aliphatic rings. The van der Waals surface area contributed by atoms with Crippen LogP contribution in [0.2, 0.25) is 0 Å². The van der Waals surface area contributed by atoms with E-state index in [9.17, 15) is 4.79 Å². The average Bonchev–Trinajstić information content (AvgIpc) is 2.69. The number of hydrogen-bond donors (Lipinski definition) is 0. The van der Waals surface area contributed by atoms with Gasteiger partial charge < -0.3 is 14.4 Å². The second-order valence-corrected chi connectivity index (χ2v) is 5.04. The molecule has 16 heavy (non-hydrogen) atoms. The summed E-state index contributed by atoms with van der Waals surface area (Å²) in [5, 5.41) is 0. The zero-order valence-corrected chi connectivity index (χ0v) is 9.59. The summed E-state index contributed by atoms with van der Waals surface area (Å²) >= 11 is 0. The minimum absolute atomic E-state index is 0.0217. The van der Waals surface area contributed by atoms with E-state index >= 15 is 0 Å². The largest absolute Gasteiger partial charge is 0.444 e. The molecule has 0 aromatic carbocycles. The molecule has 0 spiro atoms. The van der Waals surface area contributed by atoms with Crippen LogP contribution in [-0.2, 0) is 9.47 Å². The Morgan fingerprint density at radius 2 is 2.12 bits per heavy atom. The van der Waals surface area contributed by atoms with E-state index in [1.165, 1.54) is 0 Å². The smallest absolute Gasteiger partial charge is 0.410 e. The van der Waals surface area contributed by atoms with Crippen molar-refractivity contribution in [3.63, 3.8) is 0 Å². The minimum atomic E-state index is -0.134. The second-order valence-electron chi connectivity index (χ2n) is 5.04. The van der Waals surface area contributed by atoms with Crippen LogP contribution >= 0.6 is 0 Å². The first-order valence-electron chi connectivity index (χ1n) is 5.99. The highest BCUT2D eigenvalue weighted by molar-refractivity contribution is 5.70. The maximum absolute atomic E-state index is 11.9. The molecule has 0 aliphatic carbocycles. The van der Waals surface area contributed by atoms with Gasteiger partial charge >= 0.3 is 6.09 Å². The van der Waals surface area contributed by atoms with Crippen LogP contribution in [0.25, 0.3) is 0 Å². The summed E-state index contributed by atoms with van der Waals surface area (Å²) in [7, 11) is 2.10. The van der Waals surface area contributed by atoms with Crippen molar-refractivity contribution < 1.29 is 14.3 Å². The molecular formula is C11H18N2O3. The molecule has 3 unspecified atom stereocenters. The Morgan fingerprint density at radius 3 is 2.75 bits per heavy atom. The molecule has 90 valence electrons. The van der Waals surface area contributed by atoms with Gasteiger partial charge in [0.15, 0.2) is 0 Å². The number of fused-ring (bicyclic) bond motifs is 2. The molecule has 5 heteroatoms. The standard InChI is InChI=1S/C11H18N2O3/c1-12-5-8-4-9(6-12)13(8)11(14)16-10-2-3-15-7-10/h8-10H,2-7H2,1H3. The summed E-state index contributed by atoms with van der Waals surface area (Å²) in [5.74, 6) is 0. The Hall–Kier alpha value is -0.810. The number of rotatable bonds is 1. The van der Waals surface area contributed by atoms with Gasteiger partial charge in [0, 0.05) is 19.5 Å². The van der Waals surface area contributed by atoms with Crippen molar-refractivity contribution in [1.29, 1.82) is 0 Å². The Labute approximate surface area is 95.3 Å². The van der Waals surface area contributed by atoms with Crippen molar-refractivity contribution in [2.24, 2.45) is 0 Å². The highest BCUT2D eigenvalue weighted by Gasteiger charge is 2.47. The zero-order chi connectivity index (χ0) is 11.1. The van der Waals surface area contributed by atoms with Crippen LogP contribution in [0.1, 0.15) is 12.8 Å². The Kier molecular flexibility index (Phi) is 2.52. The third-order valence-electron chi connectivity index (χ3n) is 3.74. The topological polar surface area (TPSA) is 42.0 Å². The van der Waals surface area contributed by atoms with Crippen LogP contribution in [-0.4, -0.2) is 67.4 Å². The first-order chi connectivity index (χ1) is 7.74. The molecule has 1 amide bonds. The van der Waals surface area contributed by atoms with Gasteiger partial charge in [0.05, 0.1) is 25.3 Å². The summed E-state index contributed by atoms with van der Waals surface area (Å²) < 4.78 is 10.6. The van der Waals surface area contributed by atoms with Crippen LogP contribution in [0.5, 0.6) is 0 Å². The molecule has 0 aromatic rings. The van der Waals surface area contributed by atoms with E-state index in [0.717, 1.165) is 25.9 Å². The normalized spacial score (nSPS) is 38.3. The van der Waals surface area contributed by atoms with Gasteiger partial charge in [0.25, 0.3) is 0 Å². The van der Waals surface area contributed by atoms with Gasteiger partial charge in [-0.15, -0.1) is 0 Å². The summed E-state index contributed by atoms with van der Waals surface area (Å²) in [6, 6.07) is 0.747. The van der Waals surface area contributed by atoms with Crippen LogP contribution < -0.4 is 0 Å². The Morgan fingerprint density at radius 1 is 1.38 bits per heavy atom. The van der Waals surface area contributed by atoms with Gasteiger partial charge in [0.2, 0.25) is 0 Å². The number of carbonyl (C=O) groups excluding carboxylic acids is 1. The van der Waals surface area contributed by atoms with E-state index < -0.39 is 0 Å². The van der Waals surface area contributed by atoms with E-state index in [1.807, 2.05) is 4.90 Å². The van der Waals surface area contributed by atoms with Crippen molar-refractivity contribution in [2.75, 3.05) is 33.4 Å². The van der Waals surface area contributed by atoms with Crippen molar-refractivity contribution >= 4 is 6.09 Å². The number of piperazine rings is 1. The second kappa shape index (κ2) is 3.89. The van der Waals surface area contributed by atoms with E-state index in [2.05, 4.69) is 11.9 Å². The van der Waals surface area contributed by atoms with Gasteiger partial charge in [-0.25, -0.2) is 4.79 Å². The monoisotopic (exact) mass is 226 g/mol. The molecule has 4 fully saturated rings. The number of ether oxygens (including phenoxy) is 2. The zero-order valence-electron chi connectivity index (χ0n) is 9.59. The molecule has 4 aliphatic heterocycles. The molecule has 0 aromatic heterocycles. The number of carbonyl (C=O) groups is 1. The highest BCUT2D eigenvalue weighted by Crippen LogP contribution is 2.32. The van der Waals surface area contributed by atoms with Crippen molar-refractivity contribution in [3.8, 4) is 0 Å². The first-order valence-corrected chi connectivity index (χ1v) is 5.99. The molecule has 4 saturated heterocycles. The Balaban J connectivity index is 1.55. The molecule has 4 rings (SSSR count). The average molecular weight is 226 g/mol. The van der Waals surface area contributed by atoms with E-state index in [4.69, 9.17) is 9.47 Å². The van der Waals surface area contributed by atoms with Crippen LogP contribution in [0.4, 0.5) is 4.79 Å². The van der Waals surface area contributed by atoms with Gasteiger partial charge in [-0.2, -0.15) is 0 Å². The fraction of sp³-hybridized carbons (Fsp3) is 0.909.